The molecular formula is C27H22N2O10S2. The zero-order valence-electron chi connectivity index (χ0n) is 21.5. The number of sulfone groups is 1. The summed E-state index contributed by atoms with van der Waals surface area (Å²) in [6, 6.07) is 12.5. The molecule has 0 aliphatic heterocycles. The molecule has 0 spiro atoms. The van der Waals surface area contributed by atoms with Crippen LogP contribution >= 0.6 is 0 Å². The van der Waals surface area contributed by atoms with E-state index < -0.39 is 59.2 Å². The molecule has 12 nitrogen and oxygen atoms in total. The number of anilines is 2. The highest BCUT2D eigenvalue weighted by Gasteiger charge is 2.33. The van der Waals surface area contributed by atoms with Crippen molar-refractivity contribution in [1.29, 1.82) is 0 Å². The Morgan fingerprint density at radius 2 is 1.61 bits per heavy atom. The first-order valence-electron chi connectivity index (χ1n) is 12.0. The molecule has 4 aromatic rings. The Morgan fingerprint density at radius 1 is 0.951 bits per heavy atom. The van der Waals surface area contributed by atoms with E-state index in [9.17, 15) is 35.8 Å². The fraction of sp³-hybridized carbons (Fsp3) is 0.148. The smallest absolute Gasteiger partial charge is 0.304 e. The van der Waals surface area contributed by atoms with E-state index in [0.717, 1.165) is 18.2 Å². The first-order chi connectivity index (χ1) is 19.3. The molecule has 212 valence electrons. The molecule has 1 heterocycles. The summed E-state index contributed by atoms with van der Waals surface area (Å²) in [6.07, 6.45) is -0.706. The summed E-state index contributed by atoms with van der Waals surface area (Å²) in [4.78, 5) is 36.5. The third kappa shape index (κ3) is 4.65. The monoisotopic (exact) mass is 598 g/mol. The molecule has 3 N–H and O–H groups in total. The van der Waals surface area contributed by atoms with Crippen molar-refractivity contribution in [3.63, 3.8) is 0 Å². The zero-order chi connectivity index (χ0) is 29.9. The Hall–Kier alpha value is -4.53. The van der Waals surface area contributed by atoms with Gasteiger partial charge in [0.05, 0.1) is 46.6 Å². The molecule has 0 unspecified atom stereocenters. The standard InChI is InChI=1S/C27H22N2O10S2/c1-29-19-10-9-18(23-24(19)22(26(39-2)27(29)33)15-5-3-4-6-16(15)25(23)32)28-17-8-7-14(13-20(17)41(36,37)38)40(34,35)12-11-21(30)31/h3-10,13,28H,11-12H2,1-2H3,(H,30,31)(H,36,37,38). The van der Waals surface area contributed by atoms with E-state index in [1.165, 1.54) is 24.8 Å². The fourth-order valence-corrected chi connectivity index (χ4v) is 6.92. The van der Waals surface area contributed by atoms with Gasteiger partial charge in [-0.05, 0) is 35.9 Å². The lowest BCUT2D eigenvalue weighted by molar-refractivity contribution is -0.136. The molecule has 0 saturated carbocycles. The van der Waals surface area contributed by atoms with Gasteiger partial charge in [0.15, 0.2) is 21.4 Å². The molecule has 1 aliphatic rings. The highest BCUT2D eigenvalue weighted by molar-refractivity contribution is 7.91. The van der Waals surface area contributed by atoms with Crippen molar-refractivity contribution in [3.8, 4) is 16.9 Å². The summed E-state index contributed by atoms with van der Waals surface area (Å²) >= 11 is 0. The number of nitrogens with zero attached hydrogens (tertiary/aromatic N) is 1. The molecule has 0 fully saturated rings. The second-order valence-electron chi connectivity index (χ2n) is 9.25. The summed E-state index contributed by atoms with van der Waals surface area (Å²) in [5.74, 6) is -2.56. The predicted molar refractivity (Wildman–Crippen MR) is 148 cm³/mol. The number of aromatic nitrogens is 1. The number of nitrogens with one attached hydrogen (secondary N) is 1. The van der Waals surface area contributed by atoms with E-state index in [1.807, 2.05) is 0 Å². The molecular weight excluding hydrogens is 576 g/mol. The topological polar surface area (TPSA) is 186 Å². The highest BCUT2D eigenvalue weighted by atomic mass is 32.2. The molecule has 1 aliphatic carbocycles. The van der Waals surface area contributed by atoms with Gasteiger partial charge in [0.25, 0.3) is 15.7 Å². The number of pyridine rings is 1. The van der Waals surface area contributed by atoms with Gasteiger partial charge >= 0.3 is 5.97 Å². The van der Waals surface area contributed by atoms with Crippen molar-refractivity contribution in [3.05, 3.63) is 76.1 Å². The quantitative estimate of drug-likeness (QED) is 0.223. The Balaban J connectivity index is 1.75. The Kier molecular flexibility index (Phi) is 6.72. The molecule has 0 bridgehead atoms. The molecule has 1 aromatic heterocycles. The first kappa shape index (κ1) is 28.0. The van der Waals surface area contributed by atoms with Gasteiger partial charge in [0.1, 0.15) is 4.90 Å². The van der Waals surface area contributed by atoms with Gasteiger partial charge in [-0.3, -0.25) is 18.9 Å². The largest absolute Gasteiger partial charge is 0.491 e. The van der Waals surface area contributed by atoms with Crippen molar-refractivity contribution in [2.75, 3.05) is 18.2 Å². The number of ketones is 1. The number of carboxylic acids is 1. The minimum atomic E-state index is -5.00. The van der Waals surface area contributed by atoms with Crippen LogP contribution in [0, 0.1) is 0 Å². The normalized spacial score (nSPS) is 12.7. The van der Waals surface area contributed by atoms with Gasteiger partial charge in [0.2, 0.25) is 0 Å². The van der Waals surface area contributed by atoms with Crippen LogP contribution in [0.4, 0.5) is 11.4 Å². The van der Waals surface area contributed by atoms with Crippen molar-refractivity contribution in [2.24, 2.45) is 7.05 Å². The highest BCUT2D eigenvalue weighted by Crippen LogP contribution is 2.46. The van der Waals surface area contributed by atoms with Gasteiger partial charge in [-0.15, -0.1) is 0 Å². The lowest BCUT2D eigenvalue weighted by Gasteiger charge is -2.25. The molecule has 3 aromatic carbocycles. The van der Waals surface area contributed by atoms with E-state index in [2.05, 4.69) is 5.32 Å². The summed E-state index contributed by atoms with van der Waals surface area (Å²) in [5, 5.41) is 12.1. The second kappa shape index (κ2) is 9.83. The van der Waals surface area contributed by atoms with Crippen LogP contribution < -0.4 is 15.6 Å². The Labute approximate surface area is 233 Å². The predicted octanol–water partition coefficient (Wildman–Crippen LogP) is 3.00. The lowest BCUT2D eigenvalue weighted by Crippen LogP contribution is -2.23. The molecule has 14 heteroatoms. The van der Waals surface area contributed by atoms with Crippen LogP contribution in [0.25, 0.3) is 22.0 Å². The maximum atomic E-state index is 13.8. The number of aliphatic carboxylic acids is 1. The number of aryl methyl sites for hydroxylation is 1. The van der Waals surface area contributed by atoms with Gasteiger partial charge in [-0.2, -0.15) is 8.42 Å². The van der Waals surface area contributed by atoms with E-state index in [1.54, 1.807) is 30.3 Å². The average molecular weight is 599 g/mol. The Morgan fingerprint density at radius 3 is 2.24 bits per heavy atom. The maximum Gasteiger partial charge on any atom is 0.304 e. The number of rotatable bonds is 8. The fourth-order valence-electron chi connectivity index (χ4n) is 4.92. The SMILES string of the molecule is COc1c2c3c(c(Nc4ccc(S(=O)(=O)CCC(=O)O)cc4S(=O)(=O)O)ccc3n(C)c1=O)C(=O)c1ccccc1-2. The number of carboxylic acid groups (broad SMARTS) is 1. The first-order valence-corrected chi connectivity index (χ1v) is 15.1. The van der Waals surface area contributed by atoms with Gasteiger partial charge in [-0.25, -0.2) is 8.42 Å². The molecule has 0 saturated heterocycles. The second-order valence-corrected chi connectivity index (χ2v) is 12.7. The number of hydrogen-bond acceptors (Lipinski definition) is 9. The minimum Gasteiger partial charge on any atom is -0.491 e. The van der Waals surface area contributed by atoms with Crippen LogP contribution in [0.15, 0.2) is 69.2 Å². The van der Waals surface area contributed by atoms with E-state index >= 15 is 0 Å². The third-order valence-electron chi connectivity index (χ3n) is 6.84. The molecule has 0 amide bonds. The lowest BCUT2D eigenvalue weighted by atomic mass is 9.82. The number of carbonyl (C=O) groups is 2. The van der Waals surface area contributed by atoms with Crippen molar-refractivity contribution >= 4 is 54.0 Å². The van der Waals surface area contributed by atoms with Gasteiger partial charge in [0, 0.05) is 23.6 Å². The summed E-state index contributed by atoms with van der Waals surface area (Å²) in [5.41, 5.74) is 1.09. The molecule has 0 radical (unpaired) electrons. The van der Waals surface area contributed by atoms with E-state index in [0.29, 0.717) is 22.0 Å². The molecule has 0 atom stereocenters. The van der Waals surface area contributed by atoms with Crippen LogP contribution in [0.2, 0.25) is 0 Å². The van der Waals surface area contributed by atoms with Crippen LogP contribution in [0.5, 0.6) is 5.75 Å². The minimum absolute atomic E-state index is 0.00731. The summed E-state index contributed by atoms with van der Waals surface area (Å²) in [6.45, 7) is 0. The van der Waals surface area contributed by atoms with Crippen molar-refractivity contribution < 1.29 is 40.8 Å². The number of carbonyl (C=O) groups excluding carboxylic acids is 1. The Bertz CT molecular complexity index is 2080. The van der Waals surface area contributed by atoms with Crippen LogP contribution in [0.1, 0.15) is 22.3 Å². The molecule has 41 heavy (non-hydrogen) atoms. The van der Waals surface area contributed by atoms with Crippen LogP contribution in [-0.2, 0) is 31.8 Å². The van der Waals surface area contributed by atoms with Crippen LogP contribution in [0.3, 0.4) is 0 Å². The summed E-state index contributed by atoms with van der Waals surface area (Å²) in [7, 11) is -6.35. The summed E-state index contributed by atoms with van der Waals surface area (Å²) < 4.78 is 66.6. The van der Waals surface area contributed by atoms with Crippen molar-refractivity contribution in [1.82, 2.24) is 4.57 Å². The van der Waals surface area contributed by atoms with Crippen LogP contribution in [-0.4, -0.2) is 55.7 Å². The third-order valence-corrected chi connectivity index (χ3v) is 9.44. The van der Waals surface area contributed by atoms with Gasteiger partial charge < -0.3 is 19.7 Å². The average Bonchev–Trinajstić information content (AvgIpc) is 2.92. The number of ether oxygens (including phenoxy) is 1. The maximum absolute atomic E-state index is 13.8. The van der Waals surface area contributed by atoms with Gasteiger partial charge in [-0.1, -0.05) is 24.3 Å². The zero-order valence-corrected chi connectivity index (χ0v) is 23.2. The molecule has 5 rings (SSSR count). The number of benzene rings is 3. The van der Waals surface area contributed by atoms with Crippen molar-refractivity contribution in [2.45, 2.75) is 16.2 Å². The number of methoxy groups -OCH3 is 1. The van der Waals surface area contributed by atoms with E-state index in [4.69, 9.17) is 9.84 Å². The number of fused-ring (bicyclic) bond motifs is 2. The number of hydrogen-bond donors (Lipinski definition) is 3. The van der Waals surface area contributed by atoms with E-state index in [-0.39, 0.29) is 28.3 Å².